The minimum atomic E-state index is -4.65. The summed E-state index contributed by atoms with van der Waals surface area (Å²) in [7, 11) is 0. The fourth-order valence-corrected chi connectivity index (χ4v) is 7.28. The highest BCUT2D eigenvalue weighted by Crippen LogP contribution is 2.30. The van der Waals surface area contributed by atoms with Crippen molar-refractivity contribution in [2.45, 2.75) is 87.7 Å². The highest BCUT2D eigenvalue weighted by atomic mass is 19.4. The second-order valence-electron chi connectivity index (χ2n) is 17.6. The highest BCUT2D eigenvalue weighted by Gasteiger charge is 2.36. The number of alkyl halides is 6. The summed E-state index contributed by atoms with van der Waals surface area (Å²) in [4.78, 5) is 50.0. The average Bonchev–Trinajstić information content (AvgIpc) is 3.44. The lowest BCUT2D eigenvalue weighted by molar-refractivity contribution is -0.210. The number of ether oxygens (including phenoxy) is 12. The Bertz CT molecular complexity index is 2010. The number of aromatic nitrogens is 4. The third kappa shape index (κ3) is 30.3. The molecule has 4 heterocycles. The number of carboxylic acids is 1. The summed E-state index contributed by atoms with van der Waals surface area (Å²) in [5.74, 6) is -1.74. The molecule has 0 radical (unpaired) electrons. The third-order valence-corrected chi connectivity index (χ3v) is 11.2. The number of carbonyl (C=O) groups is 3. The fraction of sp³-hybridized carbons (Fsp3) is 0.771. The lowest BCUT2D eigenvalue weighted by Gasteiger charge is -2.36. The van der Waals surface area contributed by atoms with Gasteiger partial charge in [0.25, 0.3) is 0 Å². The van der Waals surface area contributed by atoms with Gasteiger partial charge in [0.2, 0.25) is 11.8 Å². The third-order valence-electron chi connectivity index (χ3n) is 11.2. The number of hydrogen-bond acceptors (Lipinski definition) is 23. The van der Waals surface area contributed by atoms with Gasteiger partial charge in [-0.2, -0.15) is 26.3 Å². The lowest BCUT2D eigenvalue weighted by Crippen LogP contribution is -2.46. The number of hydrogen-bond donors (Lipinski definition) is 7. The molecule has 2 fully saturated rings. The minimum absolute atomic E-state index is 0.0266. The van der Waals surface area contributed by atoms with E-state index in [9.17, 15) is 45.8 Å². The Balaban J connectivity index is 0.900. The van der Waals surface area contributed by atoms with Crippen LogP contribution in [0.2, 0.25) is 0 Å². The molecule has 456 valence electrons. The van der Waals surface area contributed by atoms with Gasteiger partial charge in [-0.15, -0.1) is 0 Å². The maximum atomic E-state index is 13.1. The molecule has 4 rings (SSSR count). The summed E-state index contributed by atoms with van der Waals surface area (Å²) < 4.78 is 145. The van der Waals surface area contributed by atoms with Gasteiger partial charge in [0, 0.05) is 32.5 Å². The standard InChI is InChI=1S/C48H75F6N9O17/c49-47(50,51)38-26-55-28-40(62-38)60-36-2-1-9-77-45(36)78-24-22-73-20-18-71-16-14-69-12-7-57-42(65)5-10-75-32-34(59-30-44(67)68)33-76-11-6-43(66)58-8-13-70-15-17-72-19-21-74-23-25-79-46-37(4-3-35(31-64)80-46)61-41-29-56-27-39(63-41)48(52,53)54/h26-29,34-37,45-46,59,64H,1-25,30-33H2,(H,57,65)(H,58,66)(H,60,62)(H,61,63)(H,67,68)/t34?,35-,36+,37+,45-,46+/m0/s1. The van der Waals surface area contributed by atoms with Gasteiger partial charge < -0.3 is 88.3 Å². The van der Waals surface area contributed by atoms with Crippen molar-refractivity contribution in [3.05, 3.63) is 36.2 Å². The van der Waals surface area contributed by atoms with Gasteiger partial charge in [0.05, 0.1) is 181 Å². The molecule has 7 N–H and O–H groups in total. The summed E-state index contributed by atoms with van der Waals surface area (Å²) in [5.41, 5.74) is -2.23. The van der Waals surface area contributed by atoms with Crippen LogP contribution >= 0.6 is 0 Å². The molecule has 0 saturated carbocycles. The van der Waals surface area contributed by atoms with Gasteiger partial charge in [-0.3, -0.25) is 29.7 Å². The lowest BCUT2D eigenvalue weighted by atomic mass is 10.0. The molecule has 2 aromatic heterocycles. The summed E-state index contributed by atoms with van der Waals surface area (Å²) in [5, 5.41) is 32.7. The summed E-state index contributed by atoms with van der Waals surface area (Å²) in [6.07, 6.45) is -5.37. The van der Waals surface area contributed by atoms with Crippen molar-refractivity contribution in [3.63, 3.8) is 0 Å². The number of aliphatic hydroxyl groups is 1. The molecule has 32 heteroatoms. The number of halogens is 6. The molecule has 2 amide bonds. The van der Waals surface area contributed by atoms with Crippen LogP contribution in [0.5, 0.6) is 0 Å². The van der Waals surface area contributed by atoms with Crippen molar-refractivity contribution in [2.75, 3.05) is 162 Å². The van der Waals surface area contributed by atoms with Crippen LogP contribution in [0, 0.1) is 0 Å². The molecular formula is C48H75F6N9O17. The Morgan fingerprint density at radius 3 is 1.50 bits per heavy atom. The Morgan fingerprint density at radius 1 is 0.588 bits per heavy atom. The topological polar surface area (TPSA) is 314 Å². The molecular weight excluding hydrogens is 1090 g/mol. The van der Waals surface area contributed by atoms with E-state index in [0.717, 1.165) is 0 Å². The van der Waals surface area contributed by atoms with E-state index in [0.29, 0.717) is 57.9 Å². The molecule has 0 spiro atoms. The van der Waals surface area contributed by atoms with E-state index < -0.39 is 66.5 Å². The van der Waals surface area contributed by atoms with E-state index in [1.54, 1.807) is 0 Å². The first-order chi connectivity index (χ1) is 38.6. The molecule has 2 aliphatic rings. The van der Waals surface area contributed by atoms with Gasteiger partial charge in [-0.05, 0) is 25.7 Å². The van der Waals surface area contributed by atoms with Crippen LogP contribution in [0.4, 0.5) is 38.0 Å². The number of carbonyl (C=O) groups excluding carboxylic acids is 2. The zero-order valence-electron chi connectivity index (χ0n) is 44.4. The van der Waals surface area contributed by atoms with E-state index in [4.69, 9.17) is 61.9 Å². The Labute approximate surface area is 458 Å². The van der Waals surface area contributed by atoms with Crippen molar-refractivity contribution < 1.29 is 108 Å². The molecule has 2 aliphatic heterocycles. The van der Waals surface area contributed by atoms with Crippen LogP contribution in [0.15, 0.2) is 24.8 Å². The maximum Gasteiger partial charge on any atom is 0.434 e. The predicted molar refractivity (Wildman–Crippen MR) is 266 cm³/mol. The van der Waals surface area contributed by atoms with E-state index in [2.05, 4.69) is 46.5 Å². The summed E-state index contributed by atoms with van der Waals surface area (Å²) >= 11 is 0. The number of aliphatic hydroxyl groups excluding tert-OH is 1. The highest BCUT2D eigenvalue weighted by molar-refractivity contribution is 5.76. The van der Waals surface area contributed by atoms with Gasteiger partial charge in [-0.25, -0.2) is 9.97 Å². The van der Waals surface area contributed by atoms with Gasteiger partial charge in [0.1, 0.15) is 11.6 Å². The number of nitrogens with zero attached hydrogens (tertiary/aromatic N) is 4. The Hall–Kier alpha value is -4.81. The monoisotopic (exact) mass is 1160 g/mol. The second-order valence-corrected chi connectivity index (χ2v) is 17.6. The van der Waals surface area contributed by atoms with Crippen LogP contribution in [0.1, 0.15) is 49.9 Å². The zero-order valence-corrected chi connectivity index (χ0v) is 44.4. The first kappa shape index (κ1) is 67.7. The first-order valence-electron chi connectivity index (χ1n) is 26.1. The van der Waals surface area contributed by atoms with Gasteiger partial charge in [0.15, 0.2) is 24.0 Å². The number of anilines is 2. The fourth-order valence-electron chi connectivity index (χ4n) is 7.28. The quantitative estimate of drug-likeness (QED) is 0.0365. The second kappa shape index (κ2) is 39.6. The molecule has 0 aromatic carbocycles. The predicted octanol–water partition coefficient (Wildman–Crippen LogP) is 1.42. The van der Waals surface area contributed by atoms with E-state index in [1.165, 1.54) is 12.4 Å². The smallest absolute Gasteiger partial charge is 0.434 e. The van der Waals surface area contributed by atoms with Crippen LogP contribution in [-0.2, 0) is 83.6 Å². The van der Waals surface area contributed by atoms with Crippen molar-refractivity contribution in [1.82, 2.24) is 35.9 Å². The minimum Gasteiger partial charge on any atom is -0.480 e. The molecule has 0 aliphatic carbocycles. The molecule has 1 unspecified atom stereocenters. The summed E-state index contributed by atoms with van der Waals surface area (Å²) in [6.45, 7) is 3.98. The van der Waals surface area contributed by atoms with Crippen LogP contribution in [0.3, 0.4) is 0 Å². The van der Waals surface area contributed by atoms with E-state index in [1.807, 2.05) is 0 Å². The van der Waals surface area contributed by atoms with Gasteiger partial charge >= 0.3 is 18.3 Å². The summed E-state index contributed by atoms with van der Waals surface area (Å²) in [6, 6.07) is -1.49. The van der Waals surface area contributed by atoms with Crippen LogP contribution in [-0.4, -0.2) is 237 Å². The van der Waals surface area contributed by atoms with E-state index in [-0.39, 0.29) is 168 Å². The number of aliphatic carboxylic acids is 1. The molecule has 80 heavy (non-hydrogen) atoms. The van der Waals surface area contributed by atoms with Crippen LogP contribution in [0.25, 0.3) is 0 Å². The molecule has 6 atom stereocenters. The SMILES string of the molecule is O=C(O)CNC(COCCC(=O)NCCOCCOCCOCCO[C@@H]1OCCC[C@H]1Nc1cncc(C(F)(F)F)n1)COCCC(=O)NCCOCCOCCOCCO[C@@H]1O[C@H](CO)CC[C@H]1Nc1cncc(C(F)(F)F)n1. The number of nitrogens with one attached hydrogen (secondary N) is 5. The number of rotatable bonds is 44. The molecule has 26 nitrogen and oxygen atoms in total. The zero-order chi connectivity index (χ0) is 57.7. The Morgan fingerprint density at radius 2 is 1.04 bits per heavy atom. The molecule has 2 aromatic rings. The average molecular weight is 1160 g/mol. The van der Waals surface area contributed by atoms with Crippen molar-refractivity contribution in [3.8, 4) is 0 Å². The number of carboxylic acid groups (broad SMARTS) is 1. The maximum absolute atomic E-state index is 13.1. The largest absolute Gasteiger partial charge is 0.480 e. The normalized spacial score (nSPS) is 19.1. The van der Waals surface area contributed by atoms with Crippen molar-refractivity contribution >= 4 is 29.4 Å². The van der Waals surface area contributed by atoms with Crippen molar-refractivity contribution in [1.29, 1.82) is 0 Å². The molecule has 2 saturated heterocycles. The van der Waals surface area contributed by atoms with Crippen molar-refractivity contribution in [2.24, 2.45) is 0 Å². The Kier molecular flexibility index (Phi) is 33.5. The van der Waals surface area contributed by atoms with Crippen LogP contribution < -0.4 is 26.6 Å². The molecule has 0 bridgehead atoms. The van der Waals surface area contributed by atoms with E-state index >= 15 is 0 Å². The van der Waals surface area contributed by atoms with Gasteiger partial charge in [-0.1, -0.05) is 0 Å². The first-order valence-corrected chi connectivity index (χ1v) is 26.1. The number of amides is 2.